The van der Waals surface area contributed by atoms with E-state index >= 15 is 0 Å². The molecule has 0 radical (unpaired) electrons. The van der Waals surface area contributed by atoms with E-state index in [1.165, 1.54) is 36.4 Å². The van der Waals surface area contributed by atoms with Crippen LogP contribution in [0.3, 0.4) is 0 Å². The smallest absolute Gasteiger partial charge is 0.271 e. The Bertz CT molecular complexity index is 711. The molecule has 2 aromatic rings. The zero-order chi connectivity index (χ0) is 15.4. The highest BCUT2D eigenvalue weighted by Gasteiger charge is 2.08. The van der Waals surface area contributed by atoms with Crippen LogP contribution in [0.5, 0.6) is 17.2 Å². The van der Waals surface area contributed by atoms with Gasteiger partial charge in [-0.2, -0.15) is 5.10 Å². The molecule has 0 saturated carbocycles. The molecule has 0 heterocycles. The van der Waals surface area contributed by atoms with E-state index in [4.69, 9.17) is 0 Å². The standard InChI is InChI=1S/C15H14N2O4/c1-9(13-8-12(19)5-6-14(13)20)16-17-15(21)10-3-2-4-11(18)7-10/h2-8,18-20H,1H3,(H,17,21). The molecule has 4 N–H and O–H groups in total. The van der Waals surface area contributed by atoms with Crippen molar-refractivity contribution in [2.45, 2.75) is 6.92 Å². The maximum atomic E-state index is 11.8. The van der Waals surface area contributed by atoms with E-state index in [-0.39, 0.29) is 22.8 Å². The van der Waals surface area contributed by atoms with Crippen molar-refractivity contribution in [1.29, 1.82) is 0 Å². The molecule has 6 heteroatoms. The minimum Gasteiger partial charge on any atom is -0.508 e. The van der Waals surface area contributed by atoms with Crippen LogP contribution in [-0.2, 0) is 0 Å². The Balaban J connectivity index is 2.17. The lowest BCUT2D eigenvalue weighted by molar-refractivity contribution is 0.0954. The van der Waals surface area contributed by atoms with E-state index in [1.54, 1.807) is 13.0 Å². The fourth-order valence-corrected chi connectivity index (χ4v) is 1.72. The molecule has 0 fully saturated rings. The number of carbonyl (C=O) groups excluding carboxylic acids is 1. The molecule has 0 aliphatic carbocycles. The summed E-state index contributed by atoms with van der Waals surface area (Å²) in [5.74, 6) is -0.587. The Labute approximate surface area is 121 Å². The molecule has 0 unspecified atom stereocenters. The summed E-state index contributed by atoms with van der Waals surface area (Å²) in [5.41, 5.74) is 3.21. The second kappa shape index (κ2) is 5.96. The van der Waals surface area contributed by atoms with Gasteiger partial charge in [-0.05, 0) is 43.3 Å². The van der Waals surface area contributed by atoms with E-state index in [2.05, 4.69) is 10.5 Å². The van der Waals surface area contributed by atoms with Crippen molar-refractivity contribution in [3.8, 4) is 17.2 Å². The van der Waals surface area contributed by atoms with Gasteiger partial charge in [0.1, 0.15) is 17.2 Å². The predicted molar refractivity (Wildman–Crippen MR) is 77.6 cm³/mol. The third-order valence-corrected chi connectivity index (χ3v) is 2.80. The zero-order valence-electron chi connectivity index (χ0n) is 11.2. The lowest BCUT2D eigenvalue weighted by Gasteiger charge is -2.06. The van der Waals surface area contributed by atoms with E-state index in [0.29, 0.717) is 11.3 Å². The predicted octanol–water partition coefficient (Wildman–Crippen LogP) is 1.96. The highest BCUT2D eigenvalue weighted by atomic mass is 16.3. The minimum atomic E-state index is -0.495. The number of nitrogens with one attached hydrogen (secondary N) is 1. The summed E-state index contributed by atoms with van der Waals surface area (Å²) in [6.45, 7) is 1.58. The van der Waals surface area contributed by atoms with Crippen LogP contribution in [-0.4, -0.2) is 26.9 Å². The molecule has 0 aliphatic rings. The molecule has 108 valence electrons. The van der Waals surface area contributed by atoms with Crippen LogP contribution in [0.2, 0.25) is 0 Å². The number of benzene rings is 2. The van der Waals surface area contributed by atoms with E-state index in [1.807, 2.05) is 0 Å². The quantitative estimate of drug-likeness (QED) is 0.393. The number of hydrazone groups is 1. The summed E-state index contributed by atoms with van der Waals surface area (Å²) in [5, 5.41) is 32.3. The normalized spacial score (nSPS) is 11.2. The first-order valence-electron chi connectivity index (χ1n) is 6.13. The van der Waals surface area contributed by atoms with Crippen molar-refractivity contribution in [2.24, 2.45) is 5.10 Å². The SMILES string of the molecule is CC(=NNC(=O)c1cccc(O)c1)c1cc(O)ccc1O. The molecule has 1 amide bonds. The topological polar surface area (TPSA) is 102 Å². The van der Waals surface area contributed by atoms with Gasteiger partial charge < -0.3 is 15.3 Å². The summed E-state index contributed by atoms with van der Waals surface area (Å²) >= 11 is 0. The Morgan fingerprint density at radius 2 is 1.76 bits per heavy atom. The number of hydrogen-bond donors (Lipinski definition) is 4. The van der Waals surface area contributed by atoms with Gasteiger partial charge in [0.15, 0.2) is 0 Å². The van der Waals surface area contributed by atoms with E-state index < -0.39 is 5.91 Å². The van der Waals surface area contributed by atoms with Crippen molar-refractivity contribution in [3.63, 3.8) is 0 Å². The molecule has 2 rings (SSSR count). The van der Waals surface area contributed by atoms with Crippen molar-refractivity contribution in [2.75, 3.05) is 0 Å². The summed E-state index contributed by atoms with van der Waals surface area (Å²) in [6.07, 6.45) is 0. The van der Waals surface area contributed by atoms with Gasteiger partial charge in [-0.1, -0.05) is 6.07 Å². The van der Waals surface area contributed by atoms with Gasteiger partial charge in [-0.15, -0.1) is 0 Å². The number of phenols is 3. The molecule has 2 aromatic carbocycles. The summed E-state index contributed by atoms with van der Waals surface area (Å²) < 4.78 is 0. The molecule has 21 heavy (non-hydrogen) atoms. The Morgan fingerprint density at radius 3 is 2.48 bits per heavy atom. The number of aromatic hydroxyl groups is 3. The maximum absolute atomic E-state index is 11.8. The summed E-state index contributed by atoms with van der Waals surface area (Å²) in [6, 6.07) is 9.86. The van der Waals surface area contributed by atoms with E-state index in [9.17, 15) is 20.1 Å². The van der Waals surface area contributed by atoms with Gasteiger partial charge in [0.05, 0.1) is 5.71 Å². The van der Waals surface area contributed by atoms with Gasteiger partial charge in [0, 0.05) is 11.1 Å². The highest BCUT2D eigenvalue weighted by molar-refractivity contribution is 6.02. The molecule has 0 bridgehead atoms. The molecule has 0 spiro atoms. The zero-order valence-corrected chi connectivity index (χ0v) is 11.2. The van der Waals surface area contributed by atoms with Gasteiger partial charge in [-0.3, -0.25) is 4.79 Å². The van der Waals surface area contributed by atoms with Gasteiger partial charge in [0.25, 0.3) is 5.91 Å². The van der Waals surface area contributed by atoms with Gasteiger partial charge in [-0.25, -0.2) is 5.43 Å². The maximum Gasteiger partial charge on any atom is 0.271 e. The summed E-state index contributed by atoms with van der Waals surface area (Å²) in [4.78, 5) is 11.8. The highest BCUT2D eigenvalue weighted by Crippen LogP contribution is 2.22. The molecule has 0 aliphatic heterocycles. The van der Waals surface area contributed by atoms with Crippen LogP contribution in [0.4, 0.5) is 0 Å². The second-order valence-corrected chi connectivity index (χ2v) is 4.39. The van der Waals surface area contributed by atoms with Gasteiger partial charge in [0.2, 0.25) is 0 Å². The van der Waals surface area contributed by atoms with Crippen LogP contribution in [0.1, 0.15) is 22.8 Å². The number of nitrogens with zero attached hydrogens (tertiary/aromatic N) is 1. The number of amides is 1. The van der Waals surface area contributed by atoms with E-state index in [0.717, 1.165) is 0 Å². The van der Waals surface area contributed by atoms with Crippen LogP contribution in [0.15, 0.2) is 47.6 Å². The molecule has 0 aromatic heterocycles. The first kappa shape index (κ1) is 14.4. The van der Waals surface area contributed by atoms with Crippen LogP contribution >= 0.6 is 0 Å². The largest absolute Gasteiger partial charge is 0.508 e. The minimum absolute atomic E-state index is 0.0170. The lowest BCUT2D eigenvalue weighted by atomic mass is 10.1. The fourth-order valence-electron chi connectivity index (χ4n) is 1.72. The third-order valence-electron chi connectivity index (χ3n) is 2.80. The fraction of sp³-hybridized carbons (Fsp3) is 0.0667. The summed E-state index contributed by atoms with van der Waals surface area (Å²) in [7, 11) is 0. The Morgan fingerprint density at radius 1 is 1.05 bits per heavy atom. The average Bonchev–Trinajstić information content (AvgIpc) is 2.47. The van der Waals surface area contributed by atoms with Crippen LogP contribution in [0, 0.1) is 0 Å². The molecular weight excluding hydrogens is 272 g/mol. The monoisotopic (exact) mass is 286 g/mol. The lowest BCUT2D eigenvalue weighted by Crippen LogP contribution is -2.19. The average molecular weight is 286 g/mol. The Kier molecular flexibility index (Phi) is 4.08. The number of phenolic OH excluding ortho intramolecular Hbond substituents is 3. The van der Waals surface area contributed by atoms with Crippen LogP contribution in [0.25, 0.3) is 0 Å². The second-order valence-electron chi connectivity index (χ2n) is 4.39. The van der Waals surface area contributed by atoms with Crippen molar-refractivity contribution in [1.82, 2.24) is 5.43 Å². The first-order chi connectivity index (χ1) is 9.97. The Hall–Kier alpha value is -3.02. The third kappa shape index (κ3) is 3.50. The molecule has 0 saturated heterocycles. The molecule has 6 nitrogen and oxygen atoms in total. The number of rotatable bonds is 3. The van der Waals surface area contributed by atoms with Gasteiger partial charge >= 0.3 is 0 Å². The van der Waals surface area contributed by atoms with Crippen molar-refractivity contribution < 1.29 is 20.1 Å². The number of carbonyl (C=O) groups is 1. The molecule has 0 atom stereocenters. The molecular formula is C15H14N2O4. The van der Waals surface area contributed by atoms with Crippen molar-refractivity contribution in [3.05, 3.63) is 53.6 Å². The first-order valence-corrected chi connectivity index (χ1v) is 6.13. The van der Waals surface area contributed by atoms with Crippen LogP contribution < -0.4 is 5.43 Å². The van der Waals surface area contributed by atoms with Crippen molar-refractivity contribution >= 4 is 11.6 Å². The number of hydrogen-bond acceptors (Lipinski definition) is 5.